The number of ether oxygens (including phenoxy) is 2. The highest BCUT2D eigenvalue weighted by atomic mass is 35.5. The van der Waals surface area contributed by atoms with Gasteiger partial charge < -0.3 is 20.5 Å². The van der Waals surface area contributed by atoms with Gasteiger partial charge in [0.1, 0.15) is 11.5 Å². The van der Waals surface area contributed by atoms with Crippen molar-refractivity contribution in [3.8, 4) is 17.4 Å². The van der Waals surface area contributed by atoms with Gasteiger partial charge >= 0.3 is 0 Å². The van der Waals surface area contributed by atoms with E-state index in [2.05, 4.69) is 10.3 Å². The van der Waals surface area contributed by atoms with Crippen molar-refractivity contribution in [1.29, 1.82) is 0 Å². The summed E-state index contributed by atoms with van der Waals surface area (Å²) < 4.78 is 11.3. The van der Waals surface area contributed by atoms with Crippen LogP contribution < -0.4 is 20.5 Å². The molecule has 2 fully saturated rings. The van der Waals surface area contributed by atoms with Crippen LogP contribution in [0.3, 0.4) is 0 Å². The third-order valence-electron chi connectivity index (χ3n) is 5.76. The Morgan fingerprint density at radius 2 is 1.70 bits per heavy atom. The van der Waals surface area contributed by atoms with E-state index in [0.29, 0.717) is 29.2 Å². The first-order valence-electron chi connectivity index (χ1n) is 10.0. The smallest absolute Gasteiger partial charge is 0.258 e. The van der Waals surface area contributed by atoms with Crippen LogP contribution >= 0.6 is 24.8 Å². The van der Waals surface area contributed by atoms with Crippen molar-refractivity contribution in [3.63, 3.8) is 0 Å². The van der Waals surface area contributed by atoms with E-state index in [1.807, 2.05) is 12.1 Å². The van der Waals surface area contributed by atoms with Crippen LogP contribution in [-0.2, 0) is 4.79 Å². The molecule has 0 saturated heterocycles. The molecule has 0 radical (unpaired) electrons. The van der Waals surface area contributed by atoms with E-state index in [-0.39, 0.29) is 49.4 Å². The number of nitrogens with zero attached hydrogens (tertiary/aromatic N) is 1. The normalized spacial score (nSPS) is 24.6. The van der Waals surface area contributed by atoms with Crippen molar-refractivity contribution in [2.75, 3.05) is 6.61 Å². The average molecular weight is 454 g/mol. The summed E-state index contributed by atoms with van der Waals surface area (Å²) in [7, 11) is 0. The van der Waals surface area contributed by atoms with Gasteiger partial charge in [0.15, 0.2) is 6.61 Å². The van der Waals surface area contributed by atoms with E-state index in [0.717, 1.165) is 25.7 Å². The Hall–Kier alpha value is -2.02. The van der Waals surface area contributed by atoms with Crippen molar-refractivity contribution >= 4 is 30.7 Å². The number of hydrogen-bond acceptors (Lipinski definition) is 5. The van der Waals surface area contributed by atoms with Crippen LogP contribution in [0.15, 0.2) is 48.7 Å². The lowest BCUT2D eigenvalue weighted by Crippen LogP contribution is -2.54. The second-order valence-corrected chi connectivity index (χ2v) is 7.81. The molecule has 164 valence electrons. The zero-order chi connectivity index (χ0) is 19.3. The zero-order valence-corrected chi connectivity index (χ0v) is 18.4. The second-order valence-electron chi connectivity index (χ2n) is 7.81. The van der Waals surface area contributed by atoms with Gasteiger partial charge in [0, 0.05) is 24.3 Å². The third kappa shape index (κ3) is 6.24. The first-order valence-corrected chi connectivity index (χ1v) is 10.0. The van der Waals surface area contributed by atoms with Crippen molar-refractivity contribution < 1.29 is 14.3 Å². The summed E-state index contributed by atoms with van der Waals surface area (Å²) in [6.07, 6.45) is 7.28. The van der Waals surface area contributed by atoms with Crippen LogP contribution in [0.5, 0.6) is 17.4 Å². The molecule has 0 spiro atoms. The Labute approximate surface area is 189 Å². The quantitative estimate of drug-likeness (QED) is 0.686. The van der Waals surface area contributed by atoms with Crippen LogP contribution in [0.25, 0.3) is 0 Å². The van der Waals surface area contributed by atoms with Gasteiger partial charge in [0.05, 0.1) is 0 Å². The molecule has 6 nitrogen and oxygen atoms in total. The summed E-state index contributed by atoms with van der Waals surface area (Å²) >= 11 is 0. The Bertz CT molecular complexity index is 778. The minimum Gasteiger partial charge on any atom is -0.484 e. The summed E-state index contributed by atoms with van der Waals surface area (Å²) in [5, 5.41) is 3.20. The van der Waals surface area contributed by atoms with Crippen LogP contribution in [-0.4, -0.2) is 29.6 Å². The Morgan fingerprint density at radius 3 is 2.33 bits per heavy atom. The highest BCUT2D eigenvalue weighted by molar-refractivity contribution is 5.85. The van der Waals surface area contributed by atoms with Crippen LogP contribution in [0.1, 0.15) is 32.1 Å². The zero-order valence-electron chi connectivity index (χ0n) is 16.7. The van der Waals surface area contributed by atoms with Gasteiger partial charge in [-0.2, -0.15) is 0 Å². The summed E-state index contributed by atoms with van der Waals surface area (Å²) in [6, 6.07) is 13.2. The molecular formula is C22H29Cl2N3O3. The summed E-state index contributed by atoms with van der Waals surface area (Å²) in [4.78, 5) is 16.5. The lowest BCUT2D eigenvalue weighted by Gasteiger charge is -2.45. The fourth-order valence-corrected chi connectivity index (χ4v) is 4.53. The monoisotopic (exact) mass is 453 g/mol. The number of nitrogens with two attached hydrogens (primary N) is 1. The fraction of sp³-hybridized carbons (Fsp3) is 0.455. The molecule has 8 heteroatoms. The Morgan fingerprint density at radius 1 is 1.03 bits per heavy atom. The molecule has 1 amide bonds. The first kappa shape index (κ1) is 24.3. The molecule has 1 aromatic heterocycles. The van der Waals surface area contributed by atoms with E-state index in [4.69, 9.17) is 15.2 Å². The van der Waals surface area contributed by atoms with Crippen molar-refractivity contribution in [2.24, 2.45) is 17.6 Å². The minimum atomic E-state index is -0.0637. The predicted octanol–water partition coefficient (Wildman–Crippen LogP) is 4.12. The number of hydrogen-bond donors (Lipinski definition) is 2. The van der Waals surface area contributed by atoms with Crippen LogP contribution in [0.2, 0.25) is 0 Å². The molecule has 30 heavy (non-hydrogen) atoms. The van der Waals surface area contributed by atoms with E-state index in [1.165, 1.54) is 6.42 Å². The maximum atomic E-state index is 12.4. The molecule has 4 rings (SSSR count). The van der Waals surface area contributed by atoms with Crippen LogP contribution in [0.4, 0.5) is 0 Å². The van der Waals surface area contributed by atoms with Gasteiger partial charge in [0.25, 0.3) is 5.91 Å². The average Bonchev–Trinajstić information content (AvgIpc) is 2.69. The van der Waals surface area contributed by atoms with Gasteiger partial charge in [-0.15, -0.1) is 24.8 Å². The van der Waals surface area contributed by atoms with Gasteiger partial charge in [-0.05, 0) is 67.9 Å². The minimum absolute atomic E-state index is 0. The molecule has 2 bridgehead atoms. The van der Waals surface area contributed by atoms with Crippen molar-refractivity contribution in [2.45, 2.75) is 44.2 Å². The van der Waals surface area contributed by atoms with E-state index in [1.54, 1.807) is 36.5 Å². The molecule has 2 aromatic rings. The standard InChI is InChI=1S/C22H27N3O3.2ClH/c23-17-12-15-4-3-5-16(13-17)22(15)25-20(26)14-27-18-7-9-19(10-8-18)28-21-6-1-2-11-24-21;;/h1-2,6-11,15-17,22H,3-5,12-14,23H2,(H,25,26);2*1H. The molecule has 2 aliphatic carbocycles. The number of fused-ring (bicyclic) bond motifs is 2. The lowest BCUT2D eigenvalue weighted by molar-refractivity contribution is -0.125. The number of carbonyl (C=O) groups excluding carboxylic acids is 1. The SMILES string of the molecule is Cl.Cl.NC1CC2CCCC(C1)C2NC(=O)COc1ccc(Oc2ccccn2)cc1. The van der Waals surface area contributed by atoms with Gasteiger partial charge in [-0.1, -0.05) is 12.5 Å². The molecule has 2 aliphatic rings. The molecule has 2 atom stereocenters. The number of rotatable bonds is 6. The fourth-order valence-electron chi connectivity index (χ4n) is 4.53. The maximum Gasteiger partial charge on any atom is 0.258 e. The molecular weight excluding hydrogens is 425 g/mol. The van der Waals surface area contributed by atoms with E-state index in [9.17, 15) is 4.79 Å². The lowest BCUT2D eigenvalue weighted by atomic mass is 9.67. The first-order chi connectivity index (χ1) is 13.7. The topological polar surface area (TPSA) is 86.5 Å². The number of amides is 1. The molecule has 2 saturated carbocycles. The summed E-state index contributed by atoms with van der Waals surface area (Å²) in [5.74, 6) is 2.79. The molecule has 1 aromatic carbocycles. The number of aromatic nitrogens is 1. The molecule has 1 heterocycles. The molecule has 2 unspecified atom stereocenters. The highest BCUT2D eigenvalue weighted by Crippen LogP contribution is 2.39. The molecule has 3 N–H and O–H groups in total. The number of benzene rings is 1. The third-order valence-corrected chi connectivity index (χ3v) is 5.76. The number of carbonyl (C=O) groups is 1. The predicted molar refractivity (Wildman–Crippen MR) is 121 cm³/mol. The van der Waals surface area contributed by atoms with Gasteiger partial charge in [-0.3, -0.25) is 4.79 Å². The highest BCUT2D eigenvalue weighted by Gasteiger charge is 2.39. The summed E-state index contributed by atoms with van der Waals surface area (Å²) in [5.41, 5.74) is 6.16. The Balaban J connectivity index is 0.00000160. The van der Waals surface area contributed by atoms with Crippen molar-refractivity contribution in [3.05, 3.63) is 48.7 Å². The Kier molecular flexibility index (Phi) is 9.21. The maximum absolute atomic E-state index is 12.4. The van der Waals surface area contributed by atoms with Gasteiger partial charge in [-0.25, -0.2) is 4.98 Å². The second kappa shape index (κ2) is 11.4. The van der Waals surface area contributed by atoms with Crippen LogP contribution in [0, 0.1) is 11.8 Å². The largest absolute Gasteiger partial charge is 0.484 e. The van der Waals surface area contributed by atoms with Crippen molar-refractivity contribution in [1.82, 2.24) is 10.3 Å². The number of halogens is 2. The van der Waals surface area contributed by atoms with Gasteiger partial charge in [0.2, 0.25) is 5.88 Å². The number of pyridine rings is 1. The molecule has 0 aliphatic heterocycles. The number of nitrogens with one attached hydrogen (secondary N) is 1. The van der Waals surface area contributed by atoms with E-state index < -0.39 is 0 Å². The summed E-state index contributed by atoms with van der Waals surface area (Å²) in [6.45, 7) is 0.0163. The van der Waals surface area contributed by atoms with E-state index >= 15 is 0 Å².